The molecule has 1 saturated carbocycles. The van der Waals surface area contributed by atoms with Gasteiger partial charge in [-0.25, -0.2) is 0 Å². The zero-order chi connectivity index (χ0) is 13.0. The van der Waals surface area contributed by atoms with Crippen LogP contribution >= 0.6 is 0 Å². The molecule has 2 N–H and O–H groups in total. The van der Waals surface area contributed by atoms with E-state index in [1.54, 1.807) is 0 Å². The summed E-state index contributed by atoms with van der Waals surface area (Å²) in [7, 11) is 0. The van der Waals surface area contributed by atoms with Gasteiger partial charge in [0.05, 0.1) is 0 Å². The van der Waals surface area contributed by atoms with E-state index in [-0.39, 0.29) is 5.60 Å². The minimum absolute atomic E-state index is 0.336. The lowest BCUT2D eigenvalue weighted by atomic mass is 9.79. The van der Waals surface area contributed by atoms with Gasteiger partial charge in [-0.05, 0) is 38.5 Å². The number of ether oxygens (including phenoxy) is 1. The van der Waals surface area contributed by atoms with Crippen LogP contribution in [0, 0.1) is 5.92 Å². The lowest BCUT2D eigenvalue weighted by Gasteiger charge is -2.36. The molecule has 0 bridgehead atoms. The topological polar surface area (TPSA) is 74.2 Å². The van der Waals surface area contributed by atoms with Gasteiger partial charge in [0.2, 0.25) is 11.7 Å². The monoisotopic (exact) mass is 253 g/mol. The van der Waals surface area contributed by atoms with Crippen molar-refractivity contribution in [3.05, 3.63) is 11.7 Å². The Morgan fingerprint density at radius 2 is 2.17 bits per heavy atom. The molecule has 5 heteroatoms. The minimum atomic E-state index is -0.336. The number of nitrogens with two attached hydrogens (primary N) is 1. The van der Waals surface area contributed by atoms with Crippen LogP contribution in [0.4, 0.5) is 0 Å². The van der Waals surface area contributed by atoms with Crippen LogP contribution in [-0.4, -0.2) is 23.3 Å². The van der Waals surface area contributed by atoms with E-state index >= 15 is 0 Å². The van der Waals surface area contributed by atoms with Gasteiger partial charge >= 0.3 is 0 Å². The summed E-state index contributed by atoms with van der Waals surface area (Å²) in [6.07, 6.45) is 4.89. The highest BCUT2D eigenvalue weighted by atomic mass is 16.5. The molecule has 0 spiro atoms. The maximum atomic E-state index is 5.98. The summed E-state index contributed by atoms with van der Waals surface area (Å²) in [5.41, 5.74) is 5.16. The summed E-state index contributed by atoms with van der Waals surface area (Å²) in [6.45, 7) is 5.50. The average Bonchev–Trinajstić information content (AvgIpc) is 2.82. The molecule has 1 aliphatic rings. The lowest BCUT2D eigenvalue weighted by Crippen LogP contribution is -2.35. The highest BCUT2D eigenvalue weighted by molar-refractivity contribution is 5.04. The van der Waals surface area contributed by atoms with Crippen molar-refractivity contribution in [1.82, 2.24) is 10.1 Å². The molecule has 2 rings (SSSR count). The molecule has 18 heavy (non-hydrogen) atoms. The van der Waals surface area contributed by atoms with Gasteiger partial charge < -0.3 is 15.0 Å². The van der Waals surface area contributed by atoms with Crippen molar-refractivity contribution in [2.24, 2.45) is 11.7 Å². The Kier molecular flexibility index (Phi) is 4.35. The first-order valence-electron chi connectivity index (χ1n) is 6.87. The Balaban J connectivity index is 2.17. The SMILES string of the molecule is CCOC1(c2noc(CCN)n2)CCC(C)CC1. The summed E-state index contributed by atoms with van der Waals surface area (Å²) < 4.78 is 11.2. The van der Waals surface area contributed by atoms with Crippen molar-refractivity contribution in [2.75, 3.05) is 13.2 Å². The second-order valence-corrected chi connectivity index (χ2v) is 5.16. The van der Waals surface area contributed by atoms with Crippen molar-refractivity contribution < 1.29 is 9.26 Å². The molecular weight excluding hydrogens is 230 g/mol. The molecule has 1 fully saturated rings. The van der Waals surface area contributed by atoms with Crippen LogP contribution < -0.4 is 5.73 Å². The summed E-state index contributed by atoms with van der Waals surface area (Å²) in [5, 5.41) is 4.11. The first kappa shape index (κ1) is 13.5. The third kappa shape index (κ3) is 2.72. The molecule has 1 aromatic heterocycles. The van der Waals surface area contributed by atoms with Crippen molar-refractivity contribution in [3.8, 4) is 0 Å². The molecule has 102 valence electrons. The van der Waals surface area contributed by atoms with E-state index in [2.05, 4.69) is 17.1 Å². The Labute approximate surface area is 108 Å². The number of nitrogens with zero attached hydrogens (tertiary/aromatic N) is 2. The van der Waals surface area contributed by atoms with E-state index in [4.69, 9.17) is 15.0 Å². The van der Waals surface area contributed by atoms with Crippen molar-refractivity contribution in [2.45, 2.75) is 51.6 Å². The van der Waals surface area contributed by atoms with Crippen LogP contribution in [0.3, 0.4) is 0 Å². The predicted octanol–water partition coefficient (Wildman–Crippen LogP) is 2.01. The minimum Gasteiger partial charge on any atom is -0.367 e. The molecule has 0 aliphatic heterocycles. The molecule has 0 radical (unpaired) electrons. The van der Waals surface area contributed by atoms with E-state index in [1.165, 1.54) is 0 Å². The van der Waals surface area contributed by atoms with Gasteiger partial charge in [-0.1, -0.05) is 12.1 Å². The number of hydrogen-bond donors (Lipinski definition) is 1. The summed E-state index contributed by atoms with van der Waals surface area (Å²) in [5.74, 6) is 2.08. The second kappa shape index (κ2) is 5.80. The molecule has 0 amide bonds. The zero-order valence-corrected chi connectivity index (χ0v) is 11.3. The summed E-state index contributed by atoms with van der Waals surface area (Å²) in [4.78, 5) is 4.46. The third-order valence-electron chi connectivity index (χ3n) is 3.74. The molecule has 0 atom stereocenters. The van der Waals surface area contributed by atoms with Gasteiger partial charge in [0.15, 0.2) is 0 Å². The predicted molar refractivity (Wildman–Crippen MR) is 68.0 cm³/mol. The van der Waals surface area contributed by atoms with Crippen LogP contribution in [0.2, 0.25) is 0 Å². The first-order valence-corrected chi connectivity index (χ1v) is 6.87. The highest BCUT2D eigenvalue weighted by Crippen LogP contribution is 2.41. The lowest BCUT2D eigenvalue weighted by molar-refractivity contribution is -0.0847. The fraction of sp³-hybridized carbons (Fsp3) is 0.846. The van der Waals surface area contributed by atoms with E-state index in [9.17, 15) is 0 Å². The van der Waals surface area contributed by atoms with Crippen LogP contribution in [0.15, 0.2) is 4.52 Å². The Morgan fingerprint density at radius 3 is 2.78 bits per heavy atom. The van der Waals surface area contributed by atoms with Crippen molar-refractivity contribution >= 4 is 0 Å². The summed E-state index contributed by atoms with van der Waals surface area (Å²) in [6, 6.07) is 0. The van der Waals surface area contributed by atoms with Crippen LogP contribution in [0.1, 0.15) is 51.2 Å². The number of aromatic nitrogens is 2. The maximum Gasteiger partial charge on any atom is 0.228 e. The van der Waals surface area contributed by atoms with Gasteiger partial charge in [0, 0.05) is 19.6 Å². The molecule has 0 saturated heterocycles. The van der Waals surface area contributed by atoms with Crippen LogP contribution in [-0.2, 0) is 16.8 Å². The van der Waals surface area contributed by atoms with Crippen molar-refractivity contribution in [3.63, 3.8) is 0 Å². The zero-order valence-electron chi connectivity index (χ0n) is 11.3. The molecule has 0 unspecified atom stereocenters. The second-order valence-electron chi connectivity index (χ2n) is 5.16. The molecule has 1 aromatic rings. The van der Waals surface area contributed by atoms with E-state index in [0.29, 0.717) is 31.3 Å². The molecule has 1 aliphatic carbocycles. The van der Waals surface area contributed by atoms with Gasteiger partial charge in [0.25, 0.3) is 0 Å². The highest BCUT2D eigenvalue weighted by Gasteiger charge is 2.40. The summed E-state index contributed by atoms with van der Waals surface area (Å²) >= 11 is 0. The molecular formula is C13H23N3O2. The number of hydrogen-bond acceptors (Lipinski definition) is 5. The standard InChI is InChI=1S/C13H23N3O2/c1-3-17-13(7-4-10(2)5-8-13)12-15-11(6-9-14)18-16-12/h10H,3-9,14H2,1-2H3. The van der Waals surface area contributed by atoms with Crippen LogP contribution in [0.25, 0.3) is 0 Å². The first-order chi connectivity index (χ1) is 8.70. The largest absolute Gasteiger partial charge is 0.367 e. The van der Waals surface area contributed by atoms with E-state index < -0.39 is 0 Å². The fourth-order valence-electron chi connectivity index (χ4n) is 2.60. The average molecular weight is 253 g/mol. The van der Waals surface area contributed by atoms with E-state index in [1.807, 2.05) is 6.92 Å². The van der Waals surface area contributed by atoms with Crippen LogP contribution in [0.5, 0.6) is 0 Å². The Bertz CT molecular complexity index is 370. The Morgan fingerprint density at radius 1 is 1.44 bits per heavy atom. The van der Waals surface area contributed by atoms with Gasteiger partial charge in [-0.3, -0.25) is 0 Å². The maximum absolute atomic E-state index is 5.98. The van der Waals surface area contributed by atoms with Crippen molar-refractivity contribution in [1.29, 1.82) is 0 Å². The quantitative estimate of drug-likeness (QED) is 0.869. The molecule has 1 heterocycles. The normalized spacial score (nSPS) is 28.5. The Hall–Kier alpha value is -0.940. The smallest absolute Gasteiger partial charge is 0.228 e. The third-order valence-corrected chi connectivity index (χ3v) is 3.74. The fourth-order valence-corrected chi connectivity index (χ4v) is 2.60. The number of rotatable bonds is 5. The molecule has 5 nitrogen and oxygen atoms in total. The van der Waals surface area contributed by atoms with Gasteiger partial charge in [-0.15, -0.1) is 0 Å². The van der Waals surface area contributed by atoms with Gasteiger partial charge in [0.1, 0.15) is 5.60 Å². The van der Waals surface area contributed by atoms with Gasteiger partial charge in [-0.2, -0.15) is 4.98 Å². The molecule has 0 aromatic carbocycles. The van der Waals surface area contributed by atoms with E-state index in [0.717, 1.165) is 31.6 Å².